The molecule has 0 spiro atoms. The van der Waals surface area contributed by atoms with Gasteiger partial charge in [-0.05, 0) is 19.0 Å². The predicted molar refractivity (Wildman–Crippen MR) is 54.6 cm³/mol. The maximum atomic E-state index is 5.31. The fourth-order valence-corrected chi connectivity index (χ4v) is 1.39. The van der Waals surface area contributed by atoms with Gasteiger partial charge < -0.3 is 13.8 Å². The first-order chi connectivity index (χ1) is 7.24. The molecular weight excluding hydrogens is 194 g/mol. The maximum absolute atomic E-state index is 5.31. The van der Waals surface area contributed by atoms with Gasteiger partial charge in [0, 0.05) is 19.4 Å². The van der Waals surface area contributed by atoms with E-state index in [0.29, 0.717) is 18.2 Å². The van der Waals surface area contributed by atoms with Crippen LogP contribution in [0.2, 0.25) is 0 Å². The molecule has 2 heterocycles. The number of hydrogen-bond donors (Lipinski definition) is 0. The minimum atomic E-state index is 0.538. The normalized spacial score (nSPS) is 10.6. The Morgan fingerprint density at radius 3 is 2.93 bits per heavy atom. The van der Waals surface area contributed by atoms with Crippen LogP contribution in [0.3, 0.4) is 0 Å². The Hall–Kier alpha value is -1.78. The molecule has 0 atom stereocenters. The predicted octanol–water partition coefficient (Wildman–Crippen LogP) is 1.78. The Kier molecular flexibility index (Phi) is 2.45. The molecule has 0 radical (unpaired) electrons. The molecule has 15 heavy (non-hydrogen) atoms. The lowest BCUT2D eigenvalue weighted by molar-refractivity contribution is 0.295. The van der Waals surface area contributed by atoms with E-state index in [4.69, 9.17) is 9.26 Å². The van der Waals surface area contributed by atoms with Gasteiger partial charge in [0.05, 0.1) is 12.2 Å². The van der Waals surface area contributed by atoms with Crippen LogP contribution in [0.1, 0.15) is 12.5 Å². The third kappa shape index (κ3) is 1.60. The summed E-state index contributed by atoms with van der Waals surface area (Å²) in [4.78, 5) is 4.19. The third-order valence-corrected chi connectivity index (χ3v) is 2.19. The summed E-state index contributed by atoms with van der Waals surface area (Å²) in [6.45, 7) is 4.40. The molecule has 2 aromatic heterocycles. The first-order valence-corrected chi connectivity index (χ1v) is 4.80. The standard InChI is InChI=1S/C10H13N3O2/c1-4-14-10-7(2)8(15-12-10)9-11-5-6-13(9)3/h5-6H,4H2,1-3H3. The van der Waals surface area contributed by atoms with Crippen LogP contribution in [0, 0.1) is 6.92 Å². The van der Waals surface area contributed by atoms with Gasteiger partial charge >= 0.3 is 0 Å². The Bertz CT molecular complexity index is 459. The van der Waals surface area contributed by atoms with Gasteiger partial charge in [-0.3, -0.25) is 0 Å². The molecule has 5 nitrogen and oxygen atoms in total. The van der Waals surface area contributed by atoms with E-state index in [2.05, 4.69) is 10.1 Å². The molecule has 80 valence electrons. The van der Waals surface area contributed by atoms with Crippen molar-refractivity contribution in [2.75, 3.05) is 6.61 Å². The van der Waals surface area contributed by atoms with Crippen LogP contribution in [0.4, 0.5) is 0 Å². The molecule has 0 amide bonds. The fraction of sp³-hybridized carbons (Fsp3) is 0.400. The highest BCUT2D eigenvalue weighted by Gasteiger charge is 2.17. The number of hydrogen-bond acceptors (Lipinski definition) is 4. The smallest absolute Gasteiger partial charge is 0.257 e. The van der Waals surface area contributed by atoms with Crippen LogP contribution in [-0.2, 0) is 7.05 Å². The summed E-state index contributed by atoms with van der Waals surface area (Å²) in [6.07, 6.45) is 3.58. The van der Waals surface area contributed by atoms with Gasteiger partial charge in [-0.25, -0.2) is 4.98 Å². The number of ether oxygens (including phenoxy) is 1. The highest BCUT2D eigenvalue weighted by Crippen LogP contribution is 2.28. The lowest BCUT2D eigenvalue weighted by atomic mass is 10.2. The van der Waals surface area contributed by atoms with E-state index < -0.39 is 0 Å². The topological polar surface area (TPSA) is 53.1 Å². The number of imidazole rings is 1. The summed E-state index contributed by atoms with van der Waals surface area (Å²) in [5.41, 5.74) is 0.881. The molecule has 0 aliphatic heterocycles. The minimum absolute atomic E-state index is 0.538. The molecular formula is C10H13N3O2. The Morgan fingerprint density at radius 2 is 2.33 bits per heavy atom. The van der Waals surface area contributed by atoms with E-state index in [0.717, 1.165) is 11.4 Å². The quantitative estimate of drug-likeness (QED) is 0.769. The second-order valence-electron chi connectivity index (χ2n) is 3.24. The largest absolute Gasteiger partial charge is 0.476 e. The van der Waals surface area contributed by atoms with E-state index >= 15 is 0 Å². The van der Waals surface area contributed by atoms with Gasteiger partial charge in [0.25, 0.3) is 5.88 Å². The highest BCUT2D eigenvalue weighted by molar-refractivity contribution is 5.55. The highest BCUT2D eigenvalue weighted by atomic mass is 16.5. The van der Waals surface area contributed by atoms with Gasteiger partial charge in [-0.15, -0.1) is 0 Å². The van der Waals surface area contributed by atoms with E-state index in [9.17, 15) is 0 Å². The van der Waals surface area contributed by atoms with Gasteiger partial charge in [0.2, 0.25) is 5.76 Å². The number of aromatic nitrogens is 3. The average molecular weight is 207 g/mol. The van der Waals surface area contributed by atoms with E-state index in [1.54, 1.807) is 6.20 Å². The lowest BCUT2D eigenvalue weighted by Gasteiger charge is -1.98. The monoisotopic (exact) mass is 207 g/mol. The summed E-state index contributed by atoms with van der Waals surface area (Å²) in [6, 6.07) is 0. The summed E-state index contributed by atoms with van der Waals surface area (Å²) < 4.78 is 12.4. The molecule has 0 aromatic carbocycles. The average Bonchev–Trinajstić information content (AvgIpc) is 2.76. The Labute approximate surface area is 87.7 Å². The van der Waals surface area contributed by atoms with Gasteiger partial charge in [-0.2, -0.15) is 0 Å². The third-order valence-electron chi connectivity index (χ3n) is 2.19. The van der Waals surface area contributed by atoms with E-state index in [1.807, 2.05) is 31.7 Å². The molecule has 0 aliphatic rings. The molecule has 0 saturated heterocycles. The first kappa shape index (κ1) is 9.76. The Balaban J connectivity index is 2.42. The second-order valence-corrected chi connectivity index (χ2v) is 3.24. The molecule has 2 rings (SSSR count). The van der Waals surface area contributed by atoms with Crippen LogP contribution in [0.25, 0.3) is 11.6 Å². The SMILES string of the molecule is CCOc1noc(-c2nccn2C)c1C. The molecule has 0 aliphatic carbocycles. The van der Waals surface area contributed by atoms with Crippen molar-refractivity contribution in [2.45, 2.75) is 13.8 Å². The summed E-state index contributed by atoms with van der Waals surface area (Å²) in [5, 5.41) is 3.85. The summed E-state index contributed by atoms with van der Waals surface area (Å²) in [7, 11) is 1.91. The molecule has 0 unspecified atom stereocenters. The molecule has 0 saturated carbocycles. The number of aryl methyl sites for hydroxylation is 1. The van der Waals surface area contributed by atoms with Crippen LogP contribution >= 0.6 is 0 Å². The van der Waals surface area contributed by atoms with Crippen LogP contribution in [0.5, 0.6) is 5.88 Å². The van der Waals surface area contributed by atoms with Crippen molar-refractivity contribution in [1.82, 2.24) is 14.7 Å². The maximum Gasteiger partial charge on any atom is 0.257 e. The van der Waals surface area contributed by atoms with Gasteiger partial charge in [-0.1, -0.05) is 0 Å². The van der Waals surface area contributed by atoms with Crippen molar-refractivity contribution >= 4 is 0 Å². The zero-order valence-corrected chi connectivity index (χ0v) is 9.02. The Morgan fingerprint density at radius 1 is 1.53 bits per heavy atom. The van der Waals surface area contributed by atoms with Crippen LogP contribution in [0.15, 0.2) is 16.9 Å². The fourth-order valence-electron chi connectivity index (χ4n) is 1.39. The van der Waals surface area contributed by atoms with E-state index in [-0.39, 0.29) is 0 Å². The molecule has 0 bridgehead atoms. The molecule has 2 aromatic rings. The van der Waals surface area contributed by atoms with Gasteiger partial charge in [0.15, 0.2) is 5.82 Å². The summed E-state index contributed by atoms with van der Waals surface area (Å²) >= 11 is 0. The van der Waals surface area contributed by atoms with Crippen molar-refractivity contribution < 1.29 is 9.26 Å². The zero-order chi connectivity index (χ0) is 10.8. The second kappa shape index (κ2) is 3.76. The van der Waals surface area contributed by atoms with Crippen LogP contribution < -0.4 is 4.74 Å². The number of rotatable bonds is 3. The van der Waals surface area contributed by atoms with Crippen LogP contribution in [-0.4, -0.2) is 21.3 Å². The van der Waals surface area contributed by atoms with Crippen molar-refractivity contribution in [3.05, 3.63) is 18.0 Å². The zero-order valence-electron chi connectivity index (χ0n) is 9.02. The first-order valence-electron chi connectivity index (χ1n) is 4.80. The van der Waals surface area contributed by atoms with E-state index in [1.165, 1.54) is 0 Å². The lowest BCUT2D eigenvalue weighted by Crippen LogP contribution is -1.94. The van der Waals surface area contributed by atoms with Crippen molar-refractivity contribution in [3.63, 3.8) is 0 Å². The minimum Gasteiger partial charge on any atom is -0.476 e. The van der Waals surface area contributed by atoms with Crippen molar-refractivity contribution in [1.29, 1.82) is 0 Å². The molecule has 5 heteroatoms. The van der Waals surface area contributed by atoms with Crippen molar-refractivity contribution in [3.8, 4) is 17.5 Å². The van der Waals surface area contributed by atoms with Crippen molar-refractivity contribution in [2.24, 2.45) is 7.05 Å². The molecule has 0 fully saturated rings. The van der Waals surface area contributed by atoms with Gasteiger partial charge in [0.1, 0.15) is 0 Å². The summed E-state index contributed by atoms with van der Waals surface area (Å²) in [5.74, 6) is 1.95. The molecule has 0 N–H and O–H groups in total. The number of nitrogens with zero attached hydrogens (tertiary/aromatic N) is 3.